The van der Waals surface area contributed by atoms with Gasteiger partial charge in [-0.1, -0.05) is 12.1 Å². The van der Waals surface area contributed by atoms with Gasteiger partial charge in [-0.05, 0) is 35.0 Å². The predicted octanol–water partition coefficient (Wildman–Crippen LogP) is 5.81. The molecule has 0 fully saturated rings. The molecule has 0 saturated carbocycles. The first kappa shape index (κ1) is 31.3. The van der Waals surface area contributed by atoms with Crippen molar-refractivity contribution in [3.05, 3.63) is 72.1 Å². The van der Waals surface area contributed by atoms with Gasteiger partial charge in [-0.25, -0.2) is 4.98 Å². The molecule has 0 atom stereocenters. The van der Waals surface area contributed by atoms with Crippen LogP contribution in [0.15, 0.2) is 59.9 Å². The van der Waals surface area contributed by atoms with Gasteiger partial charge >= 0.3 is 28.8 Å². The number of halogens is 9. The molecule has 0 bridgehead atoms. The minimum atomic E-state index is -4.91. The second kappa shape index (κ2) is 11.5. The van der Waals surface area contributed by atoms with E-state index in [1.807, 2.05) is 6.07 Å². The summed E-state index contributed by atoms with van der Waals surface area (Å²) in [6, 6.07) is 8.25. The Morgan fingerprint density at radius 2 is 1.50 bits per heavy atom. The molecule has 199 valence electrons. The maximum absolute atomic E-state index is 12.7. The quantitative estimate of drug-likeness (QED) is 0.209. The number of hydrogen-bond acceptors (Lipinski definition) is 5. The van der Waals surface area contributed by atoms with Crippen LogP contribution >= 0.6 is 0 Å². The summed E-state index contributed by atoms with van der Waals surface area (Å²) in [5, 5.41) is -0.753. The van der Waals surface area contributed by atoms with Crippen molar-refractivity contribution in [3.8, 4) is 17.0 Å². The van der Waals surface area contributed by atoms with Crippen molar-refractivity contribution in [2.24, 2.45) is 0 Å². The van der Waals surface area contributed by atoms with Crippen LogP contribution in [0.5, 0.6) is 5.75 Å². The smallest absolute Gasteiger partial charge is 0.404 e. The number of ether oxygens (including phenoxy) is 1. The van der Waals surface area contributed by atoms with Gasteiger partial charge in [-0.3, -0.25) is 4.55 Å². The van der Waals surface area contributed by atoms with Crippen LogP contribution in [0.4, 0.5) is 39.5 Å². The second-order valence-corrected chi connectivity index (χ2v) is 7.63. The summed E-state index contributed by atoms with van der Waals surface area (Å²) >= 11 is 0. The molecular formula is C19H10F9IrN2O4S-. The third-order valence-electron chi connectivity index (χ3n) is 3.65. The van der Waals surface area contributed by atoms with E-state index in [1.165, 1.54) is 24.4 Å². The van der Waals surface area contributed by atoms with Crippen LogP contribution < -0.4 is 4.74 Å². The average Bonchev–Trinajstić information content (AvgIpc) is 2.72. The van der Waals surface area contributed by atoms with Crippen molar-refractivity contribution in [2.45, 2.75) is 23.7 Å². The number of benzene rings is 1. The van der Waals surface area contributed by atoms with E-state index in [9.17, 15) is 47.9 Å². The Balaban J connectivity index is 0.000000365. The molecule has 6 nitrogen and oxygen atoms in total. The Bertz CT molecular complexity index is 1220. The van der Waals surface area contributed by atoms with E-state index in [1.54, 1.807) is 0 Å². The van der Waals surface area contributed by atoms with Gasteiger partial charge in [0, 0.05) is 26.3 Å². The predicted molar refractivity (Wildman–Crippen MR) is 99.2 cm³/mol. The van der Waals surface area contributed by atoms with Gasteiger partial charge in [-0.15, -0.1) is 36.9 Å². The van der Waals surface area contributed by atoms with E-state index in [2.05, 4.69) is 14.7 Å². The first-order valence-corrected chi connectivity index (χ1v) is 10.1. The van der Waals surface area contributed by atoms with Crippen molar-refractivity contribution < 1.29 is 77.3 Å². The van der Waals surface area contributed by atoms with Gasteiger partial charge in [0.05, 0.1) is 6.20 Å². The van der Waals surface area contributed by atoms with Crippen molar-refractivity contribution in [1.82, 2.24) is 9.97 Å². The molecule has 0 aliphatic heterocycles. The maximum atomic E-state index is 12.7. The summed E-state index contributed by atoms with van der Waals surface area (Å²) in [5.74, 6) is -0.671. The number of hydrogen-bond donors (Lipinski definition) is 1. The molecule has 3 rings (SSSR count). The minimum Gasteiger partial charge on any atom is -0.404 e. The average molecular weight is 726 g/mol. The molecule has 0 spiro atoms. The molecule has 36 heavy (non-hydrogen) atoms. The van der Waals surface area contributed by atoms with Gasteiger partial charge in [0.25, 0.3) is 0 Å². The van der Waals surface area contributed by atoms with Crippen LogP contribution in [-0.2, 0) is 42.6 Å². The van der Waals surface area contributed by atoms with Crippen LogP contribution in [0, 0.1) is 6.07 Å². The third kappa shape index (κ3) is 9.72. The van der Waals surface area contributed by atoms with Crippen molar-refractivity contribution >= 4 is 10.1 Å². The monoisotopic (exact) mass is 726 g/mol. The molecule has 0 amide bonds. The molecule has 0 saturated heterocycles. The molecule has 1 aromatic carbocycles. The molecule has 2 aromatic heterocycles. The Morgan fingerprint density at radius 3 is 1.92 bits per heavy atom. The Hall–Kier alpha value is -2.75. The van der Waals surface area contributed by atoms with Crippen LogP contribution in [-0.4, -0.2) is 29.3 Å². The topological polar surface area (TPSA) is 89.4 Å². The zero-order valence-corrected chi connectivity index (χ0v) is 20.1. The Morgan fingerprint density at radius 1 is 0.861 bits per heavy atom. The van der Waals surface area contributed by atoms with Crippen LogP contribution in [0.25, 0.3) is 11.3 Å². The molecule has 1 radical (unpaired) electrons. The zero-order chi connectivity index (χ0) is 26.7. The summed E-state index contributed by atoms with van der Waals surface area (Å²) in [4.78, 5) is 6.80. The third-order valence-corrected chi connectivity index (χ3v) is 4.42. The van der Waals surface area contributed by atoms with Gasteiger partial charge in [0.15, 0.2) is 5.03 Å². The number of nitrogens with zero attached hydrogens (tertiary/aromatic N) is 2. The van der Waals surface area contributed by atoms with Gasteiger partial charge in [-0.2, -0.15) is 34.8 Å². The van der Waals surface area contributed by atoms with Gasteiger partial charge < -0.3 is 9.72 Å². The zero-order valence-electron chi connectivity index (χ0n) is 16.9. The fourth-order valence-electron chi connectivity index (χ4n) is 2.26. The van der Waals surface area contributed by atoms with E-state index in [-0.39, 0.29) is 37.4 Å². The molecule has 0 unspecified atom stereocenters. The Labute approximate surface area is 210 Å². The number of aromatic nitrogens is 2. The molecule has 2 heterocycles. The van der Waals surface area contributed by atoms with Crippen molar-refractivity contribution in [3.63, 3.8) is 0 Å². The standard InChI is InChI=1S/C13H6F6N.C6H4F3NO4S.Ir/c14-12(15,16)9-5-8(11-3-1-2-4-20-11)6-10(7-9)13(17,18)19;7-6(8,9)14-4-1-2-5(10-3-4)15(11,12)13;/h1-5,7H;1-3H,(H,11,12,13);/q-1;;. The van der Waals surface area contributed by atoms with Crippen molar-refractivity contribution in [2.75, 3.05) is 0 Å². The first-order chi connectivity index (χ1) is 15.9. The summed E-state index contributed by atoms with van der Waals surface area (Å²) in [7, 11) is -4.51. The molecule has 17 heteroatoms. The fraction of sp³-hybridized carbons (Fsp3) is 0.158. The fourth-order valence-corrected chi connectivity index (χ4v) is 2.69. The van der Waals surface area contributed by atoms with Crippen LogP contribution in [0.1, 0.15) is 11.1 Å². The molecule has 0 aliphatic carbocycles. The summed E-state index contributed by atoms with van der Waals surface area (Å²) in [6.45, 7) is 0. The molecule has 1 N–H and O–H groups in total. The summed E-state index contributed by atoms with van der Waals surface area (Å²) in [5.41, 5.74) is -3.23. The van der Waals surface area contributed by atoms with Gasteiger partial charge in [0.1, 0.15) is 5.75 Å². The van der Waals surface area contributed by atoms with E-state index >= 15 is 0 Å². The van der Waals surface area contributed by atoms with Crippen LogP contribution in [0.2, 0.25) is 0 Å². The maximum Gasteiger partial charge on any atom is 0.573 e. The molecule has 3 aromatic rings. The summed E-state index contributed by atoms with van der Waals surface area (Å²) < 4.78 is 144. The summed E-state index contributed by atoms with van der Waals surface area (Å²) in [6.07, 6.45) is -12.8. The van der Waals surface area contributed by atoms with Crippen molar-refractivity contribution in [1.29, 1.82) is 0 Å². The number of alkyl halides is 9. The normalized spacial score (nSPS) is 12.2. The first-order valence-electron chi connectivity index (χ1n) is 8.69. The van der Waals surface area contributed by atoms with Gasteiger partial charge in [0.2, 0.25) is 0 Å². The largest absolute Gasteiger partial charge is 0.573 e. The minimum absolute atomic E-state index is 0. The SMILES string of the molecule is FC(F)(F)c1[c-]c(-c2ccccn2)cc(C(F)(F)F)c1.O=S(=O)(O)c1ccc(OC(F)(F)F)cn1.[Ir]. The van der Waals surface area contributed by atoms with E-state index in [4.69, 9.17) is 4.55 Å². The molecular weight excluding hydrogens is 715 g/mol. The Kier molecular flexibility index (Phi) is 10.0. The van der Waals surface area contributed by atoms with E-state index < -0.39 is 50.7 Å². The molecule has 0 aliphatic rings. The second-order valence-electron chi connectivity index (χ2n) is 6.26. The van der Waals surface area contributed by atoms with E-state index in [0.29, 0.717) is 18.3 Å². The van der Waals surface area contributed by atoms with E-state index in [0.717, 1.165) is 6.07 Å². The number of rotatable bonds is 3. The van der Waals surface area contributed by atoms with Crippen LogP contribution in [0.3, 0.4) is 0 Å². The number of pyridine rings is 2.